The Kier molecular flexibility index (Phi) is 4.96. The first-order chi connectivity index (χ1) is 9.11. The van der Waals surface area contributed by atoms with Crippen LogP contribution >= 0.6 is 0 Å². The number of nitrogens with zero attached hydrogens (tertiary/aromatic N) is 1. The summed E-state index contributed by atoms with van der Waals surface area (Å²) in [5.41, 5.74) is 0.899. The maximum absolute atomic E-state index is 13.4. The lowest BCUT2D eigenvalue weighted by atomic mass is 9.79. The minimum atomic E-state index is -1.75. The fourth-order valence-corrected chi connectivity index (χ4v) is 2.32. The van der Waals surface area contributed by atoms with E-state index in [0.717, 1.165) is 31.5 Å². The molecule has 0 amide bonds. The highest BCUT2D eigenvalue weighted by Gasteiger charge is 2.28. The molecular weight excluding hydrogens is 244 g/mol. The van der Waals surface area contributed by atoms with Gasteiger partial charge in [-0.15, -0.1) is 0 Å². The normalized spacial score (nSPS) is 15.0. The first kappa shape index (κ1) is 14.5. The summed E-state index contributed by atoms with van der Waals surface area (Å²) >= 11 is 0. The molecule has 1 aliphatic carbocycles. The second kappa shape index (κ2) is 6.50. The van der Waals surface area contributed by atoms with Crippen molar-refractivity contribution in [1.82, 2.24) is 4.90 Å². The summed E-state index contributed by atoms with van der Waals surface area (Å²) < 4.78 is 13.4. The summed E-state index contributed by atoms with van der Waals surface area (Å²) in [6, 6.07) is 5.25. The van der Waals surface area contributed by atoms with Crippen LogP contribution in [-0.2, 0) is 6.54 Å². The third-order valence-electron chi connectivity index (χ3n) is 3.59. The molecule has 0 spiro atoms. The third-order valence-corrected chi connectivity index (χ3v) is 3.59. The van der Waals surface area contributed by atoms with E-state index in [0.29, 0.717) is 6.04 Å². The Balaban J connectivity index is 2.06. The molecule has 0 atom stereocenters. The predicted octanol–water partition coefficient (Wildman–Crippen LogP) is 1.27. The van der Waals surface area contributed by atoms with Gasteiger partial charge in [-0.05, 0) is 37.4 Å². The molecule has 1 aromatic carbocycles. The topological polar surface area (TPSA) is 43.7 Å². The molecule has 0 aliphatic heterocycles. The third kappa shape index (κ3) is 4.03. The summed E-state index contributed by atoms with van der Waals surface area (Å²) in [5.74, 6) is -0.565. The van der Waals surface area contributed by atoms with Gasteiger partial charge in [0.15, 0.2) is 0 Å². The van der Waals surface area contributed by atoms with E-state index in [-0.39, 0.29) is 5.46 Å². The van der Waals surface area contributed by atoms with E-state index in [1.807, 2.05) is 0 Å². The van der Waals surface area contributed by atoms with Crippen molar-refractivity contribution in [3.63, 3.8) is 0 Å². The van der Waals surface area contributed by atoms with Crippen molar-refractivity contribution in [3.05, 3.63) is 29.6 Å². The summed E-state index contributed by atoms with van der Waals surface area (Å²) in [5, 5.41) is 18.3. The molecule has 5 heteroatoms. The van der Waals surface area contributed by atoms with Crippen LogP contribution in [0.15, 0.2) is 18.2 Å². The molecule has 0 radical (unpaired) electrons. The summed E-state index contributed by atoms with van der Waals surface area (Å²) in [4.78, 5) is 2.41. The van der Waals surface area contributed by atoms with E-state index in [1.165, 1.54) is 18.9 Å². The van der Waals surface area contributed by atoms with Crippen molar-refractivity contribution in [2.24, 2.45) is 0 Å². The summed E-state index contributed by atoms with van der Waals surface area (Å²) in [6.45, 7) is 3.98. The van der Waals surface area contributed by atoms with Crippen LogP contribution in [-0.4, -0.2) is 34.7 Å². The number of benzene rings is 1. The van der Waals surface area contributed by atoms with Gasteiger partial charge in [0.25, 0.3) is 0 Å². The largest absolute Gasteiger partial charge is 0.491 e. The molecule has 0 aromatic heterocycles. The quantitative estimate of drug-likeness (QED) is 0.730. The van der Waals surface area contributed by atoms with E-state index in [4.69, 9.17) is 10.0 Å². The number of halogens is 1. The van der Waals surface area contributed by atoms with E-state index in [1.54, 1.807) is 12.1 Å². The second-order valence-corrected chi connectivity index (χ2v) is 5.28. The average Bonchev–Trinajstić information content (AvgIpc) is 3.20. The van der Waals surface area contributed by atoms with Crippen LogP contribution in [0.25, 0.3) is 0 Å². The molecule has 0 bridgehead atoms. The predicted molar refractivity (Wildman–Crippen MR) is 74.6 cm³/mol. The molecule has 2 N–H and O–H groups in total. The maximum atomic E-state index is 13.4. The van der Waals surface area contributed by atoms with Crippen LogP contribution in [0.1, 0.15) is 38.2 Å². The van der Waals surface area contributed by atoms with Gasteiger partial charge in [0.1, 0.15) is 5.82 Å². The fraction of sp³-hybridized carbons (Fsp3) is 0.571. The lowest BCUT2D eigenvalue weighted by Crippen LogP contribution is -2.34. The molecular formula is C14H21BFNO2. The Labute approximate surface area is 114 Å². The molecule has 3 nitrogen and oxygen atoms in total. The SMILES string of the molecule is CCCCN(Cc1ccc(F)c(B(O)O)c1)C1CC1. The van der Waals surface area contributed by atoms with Crippen LogP contribution in [0.4, 0.5) is 4.39 Å². The molecule has 19 heavy (non-hydrogen) atoms. The molecule has 0 heterocycles. The highest BCUT2D eigenvalue weighted by molar-refractivity contribution is 6.58. The van der Waals surface area contributed by atoms with Crippen molar-refractivity contribution >= 4 is 12.6 Å². The maximum Gasteiger partial charge on any atom is 0.491 e. The van der Waals surface area contributed by atoms with Crippen LogP contribution in [0, 0.1) is 5.82 Å². The van der Waals surface area contributed by atoms with Gasteiger partial charge in [0, 0.05) is 18.0 Å². The van der Waals surface area contributed by atoms with Crippen molar-refractivity contribution in [1.29, 1.82) is 0 Å². The number of hydrogen-bond acceptors (Lipinski definition) is 3. The second-order valence-electron chi connectivity index (χ2n) is 5.28. The highest BCUT2D eigenvalue weighted by Crippen LogP contribution is 2.28. The summed E-state index contributed by atoms with van der Waals surface area (Å²) in [6.07, 6.45) is 4.79. The molecule has 1 aliphatic rings. The first-order valence-corrected chi connectivity index (χ1v) is 7.00. The monoisotopic (exact) mass is 265 g/mol. The average molecular weight is 265 g/mol. The van der Waals surface area contributed by atoms with Gasteiger partial charge in [-0.2, -0.15) is 0 Å². The van der Waals surface area contributed by atoms with Gasteiger partial charge in [-0.1, -0.05) is 25.5 Å². The molecule has 1 fully saturated rings. The minimum Gasteiger partial charge on any atom is -0.423 e. The van der Waals surface area contributed by atoms with Crippen LogP contribution in [0.5, 0.6) is 0 Å². The molecule has 104 valence electrons. The zero-order valence-corrected chi connectivity index (χ0v) is 11.3. The van der Waals surface area contributed by atoms with E-state index >= 15 is 0 Å². The zero-order valence-electron chi connectivity index (χ0n) is 11.3. The van der Waals surface area contributed by atoms with Crippen LogP contribution < -0.4 is 5.46 Å². The fourth-order valence-electron chi connectivity index (χ4n) is 2.32. The van der Waals surface area contributed by atoms with Crippen molar-refractivity contribution < 1.29 is 14.4 Å². The molecule has 2 rings (SSSR count). The van der Waals surface area contributed by atoms with Gasteiger partial charge in [0.2, 0.25) is 0 Å². The van der Waals surface area contributed by atoms with Crippen LogP contribution in [0.3, 0.4) is 0 Å². The lowest BCUT2D eigenvalue weighted by molar-refractivity contribution is 0.250. The zero-order chi connectivity index (χ0) is 13.8. The molecule has 0 saturated heterocycles. The number of rotatable bonds is 7. The number of hydrogen-bond donors (Lipinski definition) is 2. The van der Waals surface area contributed by atoms with Crippen LogP contribution in [0.2, 0.25) is 0 Å². The smallest absolute Gasteiger partial charge is 0.423 e. The highest BCUT2D eigenvalue weighted by atomic mass is 19.1. The van der Waals surface area contributed by atoms with E-state index in [9.17, 15) is 4.39 Å². The molecule has 1 saturated carbocycles. The molecule has 0 unspecified atom stereocenters. The Morgan fingerprint density at radius 2 is 2.11 bits per heavy atom. The lowest BCUT2D eigenvalue weighted by Gasteiger charge is -2.22. The Morgan fingerprint density at radius 1 is 1.37 bits per heavy atom. The first-order valence-electron chi connectivity index (χ1n) is 7.00. The van der Waals surface area contributed by atoms with Crippen molar-refractivity contribution in [2.75, 3.05) is 6.54 Å². The van der Waals surface area contributed by atoms with Gasteiger partial charge in [-0.3, -0.25) is 4.90 Å². The Hall–Kier alpha value is -0.905. The van der Waals surface area contributed by atoms with Crippen molar-refractivity contribution in [2.45, 2.75) is 45.2 Å². The Morgan fingerprint density at radius 3 is 2.68 bits per heavy atom. The Bertz CT molecular complexity index is 424. The van der Waals surface area contributed by atoms with Gasteiger partial charge in [-0.25, -0.2) is 4.39 Å². The van der Waals surface area contributed by atoms with E-state index < -0.39 is 12.9 Å². The minimum absolute atomic E-state index is 0.0382. The summed E-state index contributed by atoms with van der Waals surface area (Å²) in [7, 11) is -1.75. The molecule has 1 aromatic rings. The van der Waals surface area contributed by atoms with Gasteiger partial charge >= 0.3 is 7.12 Å². The van der Waals surface area contributed by atoms with E-state index in [2.05, 4.69) is 11.8 Å². The standard InChI is InChI=1S/C14H21BFNO2/c1-2-3-8-17(12-5-6-12)10-11-4-7-14(16)13(9-11)15(18)19/h4,7,9,12,18-19H,2-3,5-6,8,10H2,1H3. The van der Waals surface area contributed by atoms with Crippen molar-refractivity contribution in [3.8, 4) is 0 Å². The van der Waals surface area contributed by atoms with Gasteiger partial charge < -0.3 is 10.0 Å². The van der Waals surface area contributed by atoms with Gasteiger partial charge in [0.05, 0.1) is 0 Å². The number of unbranched alkanes of at least 4 members (excludes halogenated alkanes) is 1.